The number of aryl methyl sites for hydroxylation is 1. The fourth-order valence-corrected chi connectivity index (χ4v) is 4.81. The number of likely N-dealkylation sites (tertiary alicyclic amines) is 1. The monoisotopic (exact) mass is 498 g/mol. The van der Waals surface area contributed by atoms with Gasteiger partial charge in [-0.1, -0.05) is 57.5 Å². The highest BCUT2D eigenvalue weighted by Crippen LogP contribution is 2.33. The number of hydrogen-bond acceptors (Lipinski definition) is 5. The maximum Gasteiger partial charge on any atom is 0.254 e. The molecule has 1 saturated heterocycles. The first-order valence-electron chi connectivity index (χ1n) is 10.1. The van der Waals surface area contributed by atoms with E-state index < -0.39 is 0 Å². The number of nitrogens with zero attached hydrogens (tertiary/aromatic N) is 4. The standard InChI is InChI=1S/C23H23BrN4O2S/c1-15-5-7-17(8-6-15)22(30)28-13-3-4-19(28)21-25-26-23(27(21)2)31-14-20(29)16-9-11-18(24)12-10-16/h5-12,19H,3-4,13-14H2,1-2H3. The number of ketones is 1. The molecule has 6 nitrogen and oxygen atoms in total. The van der Waals surface area contributed by atoms with Crippen LogP contribution in [0.4, 0.5) is 0 Å². The summed E-state index contributed by atoms with van der Waals surface area (Å²) in [5.41, 5.74) is 2.49. The van der Waals surface area contributed by atoms with Crippen molar-refractivity contribution in [2.24, 2.45) is 7.05 Å². The Labute approximate surface area is 194 Å². The Kier molecular flexibility index (Phi) is 6.57. The van der Waals surface area contributed by atoms with E-state index in [2.05, 4.69) is 26.1 Å². The van der Waals surface area contributed by atoms with E-state index in [4.69, 9.17) is 0 Å². The number of hydrogen-bond donors (Lipinski definition) is 0. The normalized spacial score (nSPS) is 16.0. The number of benzene rings is 2. The van der Waals surface area contributed by atoms with Gasteiger partial charge in [0, 0.05) is 29.2 Å². The van der Waals surface area contributed by atoms with Crippen LogP contribution in [0.15, 0.2) is 58.2 Å². The molecule has 1 fully saturated rings. The maximum absolute atomic E-state index is 13.1. The molecule has 160 valence electrons. The van der Waals surface area contributed by atoms with Crippen LogP contribution in [0.25, 0.3) is 0 Å². The van der Waals surface area contributed by atoms with E-state index in [-0.39, 0.29) is 23.5 Å². The van der Waals surface area contributed by atoms with Crippen molar-refractivity contribution in [3.05, 3.63) is 75.5 Å². The predicted molar refractivity (Wildman–Crippen MR) is 124 cm³/mol. The summed E-state index contributed by atoms with van der Waals surface area (Å²) in [6.07, 6.45) is 1.78. The van der Waals surface area contributed by atoms with Gasteiger partial charge in [0.1, 0.15) is 0 Å². The minimum atomic E-state index is -0.108. The Bertz CT molecular complexity index is 1100. The van der Waals surface area contributed by atoms with Crippen molar-refractivity contribution in [2.75, 3.05) is 12.3 Å². The van der Waals surface area contributed by atoms with Crippen molar-refractivity contribution >= 4 is 39.4 Å². The second kappa shape index (κ2) is 9.36. The van der Waals surface area contributed by atoms with Gasteiger partial charge in [0.2, 0.25) is 0 Å². The summed E-state index contributed by atoms with van der Waals surface area (Å²) >= 11 is 4.75. The molecule has 1 aliphatic rings. The molecule has 8 heteroatoms. The smallest absolute Gasteiger partial charge is 0.254 e. The molecule has 1 amide bonds. The molecule has 0 saturated carbocycles. The third-order valence-electron chi connectivity index (χ3n) is 5.48. The van der Waals surface area contributed by atoms with Gasteiger partial charge < -0.3 is 9.47 Å². The summed E-state index contributed by atoms with van der Waals surface area (Å²) in [6, 6.07) is 14.9. The lowest BCUT2D eigenvalue weighted by atomic mass is 10.1. The molecule has 3 aromatic rings. The zero-order valence-electron chi connectivity index (χ0n) is 17.4. The SMILES string of the molecule is Cc1ccc(C(=O)N2CCCC2c2nnc(SCC(=O)c3ccc(Br)cc3)n2C)cc1. The van der Waals surface area contributed by atoms with Crippen LogP contribution in [0.3, 0.4) is 0 Å². The van der Waals surface area contributed by atoms with Crippen LogP contribution in [0, 0.1) is 6.92 Å². The van der Waals surface area contributed by atoms with E-state index in [0.717, 1.165) is 28.7 Å². The molecule has 0 spiro atoms. The molecular weight excluding hydrogens is 476 g/mol. The summed E-state index contributed by atoms with van der Waals surface area (Å²) in [4.78, 5) is 27.4. The zero-order chi connectivity index (χ0) is 22.0. The lowest BCUT2D eigenvalue weighted by Crippen LogP contribution is -2.31. The second-order valence-corrected chi connectivity index (χ2v) is 9.50. The highest BCUT2D eigenvalue weighted by molar-refractivity contribution is 9.10. The molecule has 0 aliphatic carbocycles. The van der Waals surface area contributed by atoms with Gasteiger partial charge in [0.15, 0.2) is 16.8 Å². The molecular formula is C23H23BrN4O2S. The molecule has 0 radical (unpaired) electrons. The number of rotatable bonds is 6. The average Bonchev–Trinajstić information content (AvgIpc) is 3.39. The van der Waals surface area contributed by atoms with E-state index in [1.165, 1.54) is 11.8 Å². The fraction of sp³-hybridized carbons (Fsp3) is 0.304. The number of aromatic nitrogens is 3. The first-order chi connectivity index (χ1) is 14.9. The number of carbonyl (C=O) groups excluding carboxylic acids is 2. The highest BCUT2D eigenvalue weighted by Gasteiger charge is 2.34. The molecule has 4 rings (SSSR count). The molecule has 0 bridgehead atoms. The van der Waals surface area contributed by atoms with Gasteiger partial charge in [-0.15, -0.1) is 10.2 Å². The van der Waals surface area contributed by atoms with Crippen LogP contribution in [-0.2, 0) is 7.05 Å². The van der Waals surface area contributed by atoms with Crippen molar-refractivity contribution in [2.45, 2.75) is 31.0 Å². The van der Waals surface area contributed by atoms with Crippen LogP contribution in [-0.4, -0.2) is 43.7 Å². The van der Waals surface area contributed by atoms with Gasteiger partial charge in [-0.05, 0) is 44.0 Å². The third-order valence-corrected chi connectivity index (χ3v) is 7.03. The Morgan fingerprint density at radius 3 is 2.45 bits per heavy atom. The van der Waals surface area contributed by atoms with E-state index in [1.54, 1.807) is 0 Å². The topological polar surface area (TPSA) is 68.1 Å². The maximum atomic E-state index is 13.1. The summed E-state index contributed by atoms with van der Waals surface area (Å²) in [5, 5.41) is 9.35. The van der Waals surface area contributed by atoms with Crippen LogP contribution in [0.2, 0.25) is 0 Å². The second-order valence-electron chi connectivity index (χ2n) is 7.64. The average molecular weight is 499 g/mol. The van der Waals surface area contributed by atoms with Gasteiger partial charge in [0.05, 0.1) is 11.8 Å². The molecule has 1 unspecified atom stereocenters. The molecule has 31 heavy (non-hydrogen) atoms. The summed E-state index contributed by atoms with van der Waals surface area (Å²) in [7, 11) is 1.90. The van der Waals surface area contributed by atoms with E-state index in [1.807, 2.05) is 72.0 Å². The van der Waals surface area contributed by atoms with Gasteiger partial charge in [0.25, 0.3) is 5.91 Å². The molecule has 2 heterocycles. The molecule has 1 aromatic heterocycles. The Morgan fingerprint density at radius 2 is 1.74 bits per heavy atom. The van der Waals surface area contributed by atoms with Crippen molar-refractivity contribution in [3.63, 3.8) is 0 Å². The Balaban J connectivity index is 1.46. The van der Waals surface area contributed by atoms with E-state index in [0.29, 0.717) is 22.8 Å². The lowest BCUT2D eigenvalue weighted by molar-refractivity contribution is 0.0727. The van der Waals surface area contributed by atoms with Gasteiger partial charge >= 0.3 is 0 Å². The van der Waals surface area contributed by atoms with Crippen molar-refractivity contribution < 1.29 is 9.59 Å². The van der Waals surface area contributed by atoms with Gasteiger partial charge in [-0.2, -0.15) is 0 Å². The van der Waals surface area contributed by atoms with Crippen LogP contribution >= 0.6 is 27.7 Å². The highest BCUT2D eigenvalue weighted by atomic mass is 79.9. The number of thioether (sulfide) groups is 1. The van der Waals surface area contributed by atoms with Gasteiger partial charge in [-0.3, -0.25) is 9.59 Å². The summed E-state index contributed by atoms with van der Waals surface area (Å²) in [6.45, 7) is 2.71. The van der Waals surface area contributed by atoms with Crippen molar-refractivity contribution in [3.8, 4) is 0 Å². The van der Waals surface area contributed by atoms with E-state index >= 15 is 0 Å². The summed E-state index contributed by atoms with van der Waals surface area (Å²) < 4.78 is 2.85. The minimum Gasteiger partial charge on any atom is -0.328 e. The molecule has 1 atom stereocenters. The zero-order valence-corrected chi connectivity index (χ0v) is 19.8. The van der Waals surface area contributed by atoms with Crippen LogP contribution < -0.4 is 0 Å². The molecule has 0 N–H and O–H groups in total. The fourth-order valence-electron chi connectivity index (χ4n) is 3.73. The number of halogens is 1. The Hall–Kier alpha value is -2.45. The predicted octanol–water partition coefficient (Wildman–Crippen LogP) is 4.84. The van der Waals surface area contributed by atoms with Crippen molar-refractivity contribution in [1.82, 2.24) is 19.7 Å². The molecule has 2 aromatic carbocycles. The Morgan fingerprint density at radius 1 is 1.06 bits per heavy atom. The van der Waals surface area contributed by atoms with Crippen LogP contribution in [0.5, 0.6) is 0 Å². The first kappa shape index (κ1) is 21.8. The lowest BCUT2D eigenvalue weighted by Gasteiger charge is -2.24. The quantitative estimate of drug-likeness (QED) is 0.359. The third kappa shape index (κ3) is 4.75. The number of carbonyl (C=O) groups is 2. The van der Waals surface area contributed by atoms with Crippen molar-refractivity contribution in [1.29, 1.82) is 0 Å². The largest absolute Gasteiger partial charge is 0.328 e. The van der Waals surface area contributed by atoms with E-state index in [9.17, 15) is 9.59 Å². The number of amides is 1. The molecule has 1 aliphatic heterocycles. The van der Waals surface area contributed by atoms with Gasteiger partial charge in [-0.25, -0.2) is 0 Å². The number of Topliss-reactive ketones (excluding diaryl/α,β-unsaturated/α-hetero) is 1. The first-order valence-corrected chi connectivity index (χ1v) is 11.9. The summed E-state index contributed by atoms with van der Waals surface area (Å²) in [5.74, 6) is 1.10. The van der Waals surface area contributed by atoms with Crippen LogP contribution in [0.1, 0.15) is 51.0 Å². The minimum absolute atomic E-state index is 0.0186.